The summed E-state index contributed by atoms with van der Waals surface area (Å²) in [6.07, 6.45) is 2.49. The number of hydrogen-bond donors (Lipinski definition) is 1. The van der Waals surface area contributed by atoms with Crippen LogP contribution < -0.4 is 9.73 Å². The minimum Gasteiger partial charge on any atom is -0.316 e. The third-order valence-electron chi connectivity index (χ3n) is 4.82. The molecule has 0 unspecified atom stereocenters. The molecular weight excluding hydrogens is 507 g/mol. The molecule has 1 amide bonds. The third-order valence-corrected chi connectivity index (χ3v) is 6.81. The van der Waals surface area contributed by atoms with Crippen molar-refractivity contribution < 1.29 is 13.2 Å². The number of carbonyl (C=O) groups is 1. The molecule has 33 heavy (non-hydrogen) atoms. The molecule has 0 aliphatic rings. The highest BCUT2D eigenvalue weighted by Crippen LogP contribution is 2.29. The number of aromatic nitrogens is 1. The standard InChI is InChI=1S/C22H21Cl3N4O3S/c1-14-10-16(15(2)29(14)21-9-8-17(23)11-19(21)25)12-26-27-22(30)13-28(33(3,31)32)20-7-5-4-6-18(20)24/h4-12H,13H2,1-3H3,(H,27,30)/b26-12+. The highest BCUT2D eigenvalue weighted by molar-refractivity contribution is 7.92. The Morgan fingerprint density at radius 1 is 1.09 bits per heavy atom. The van der Waals surface area contributed by atoms with Crippen LogP contribution in [-0.4, -0.2) is 37.9 Å². The Balaban J connectivity index is 1.77. The number of sulfonamides is 1. The van der Waals surface area contributed by atoms with E-state index in [9.17, 15) is 13.2 Å². The number of hydrogen-bond acceptors (Lipinski definition) is 4. The molecule has 0 atom stereocenters. The number of hydrazone groups is 1. The molecule has 0 radical (unpaired) electrons. The molecule has 0 spiro atoms. The number of amides is 1. The largest absolute Gasteiger partial charge is 0.316 e. The van der Waals surface area contributed by atoms with Crippen LogP contribution in [0.15, 0.2) is 53.6 Å². The first kappa shape index (κ1) is 25.1. The van der Waals surface area contributed by atoms with Gasteiger partial charge in [0, 0.05) is 22.0 Å². The lowest BCUT2D eigenvalue weighted by Gasteiger charge is -2.22. The summed E-state index contributed by atoms with van der Waals surface area (Å²) >= 11 is 18.5. The molecule has 1 aromatic heterocycles. The molecule has 11 heteroatoms. The van der Waals surface area contributed by atoms with E-state index in [4.69, 9.17) is 34.8 Å². The van der Waals surface area contributed by atoms with Gasteiger partial charge in [-0.2, -0.15) is 5.10 Å². The van der Waals surface area contributed by atoms with Crippen LogP contribution in [0.25, 0.3) is 5.69 Å². The maximum absolute atomic E-state index is 12.4. The lowest BCUT2D eigenvalue weighted by Crippen LogP contribution is -2.39. The van der Waals surface area contributed by atoms with E-state index in [-0.39, 0.29) is 10.7 Å². The Morgan fingerprint density at radius 3 is 2.42 bits per heavy atom. The minimum absolute atomic E-state index is 0.212. The van der Waals surface area contributed by atoms with Crippen LogP contribution in [0.4, 0.5) is 5.69 Å². The van der Waals surface area contributed by atoms with Gasteiger partial charge < -0.3 is 4.57 Å². The van der Waals surface area contributed by atoms with Gasteiger partial charge in [-0.3, -0.25) is 9.10 Å². The van der Waals surface area contributed by atoms with Crippen LogP contribution >= 0.6 is 34.8 Å². The SMILES string of the molecule is Cc1cc(/C=N/NC(=O)CN(c2ccccc2Cl)S(C)(=O)=O)c(C)n1-c1ccc(Cl)cc1Cl. The van der Waals surface area contributed by atoms with Crippen molar-refractivity contribution in [2.75, 3.05) is 17.1 Å². The first-order valence-electron chi connectivity index (χ1n) is 9.67. The Kier molecular flexibility index (Phi) is 7.74. The van der Waals surface area contributed by atoms with E-state index in [2.05, 4.69) is 10.5 Å². The average Bonchev–Trinajstić information content (AvgIpc) is 3.00. The number of nitrogens with one attached hydrogen (secondary N) is 1. The van der Waals surface area contributed by atoms with Crippen LogP contribution in [0.2, 0.25) is 15.1 Å². The second kappa shape index (κ2) is 10.2. The van der Waals surface area contributed by atoms with Crippen molar-refractivity contribution in [1.82, 2.24) is 9.99 Å². The number of halogens is 3. The quantitative estimate of drug-likeness (QED) is 0.348. The van der Waals surface area contributed by atoms with E-state index in [1.54, 1.807) is 30.3 Å². The van der Waals surface area contributed by atoms with Gasteiger partial charge in [0.2, 0.25) is 10.0 Å². The van der Waals surface area contributed by atoms with Crippen molar-refractivity contribution in [3.63, 3.8) is 0 Å². The number of para-hydroxylation sites is 1. The maximum Gasteiger partial charge on any atom is 0.260 e. The highest BCUT2D eigenvalue weighted by Gasteiger charge is 2.22. The molecule has 0 bridgehead atoms. The monoisotopic (exact) mass is 526 g/mol. The second-order valence-electron chi connectivity index (χ2n) is 7.27. The summed E-state index contributed by atoms with van der Waals surface area (Å²) in [5.74, 6) is -0.619. The molecule has 3 aromatic rings. The summed E-state index contributed by atoms with van der Waals surface area (Å²) in [5.41, 5.74) is 5.86. The summed E-state index contributed by atoms with van der Waals surface area (Å²) in [6, 6.07) is 13.5. The number of benzene rings is 2. The average molecular weight is 528 g/mol. The van der Waals surface area contributed by atoms with Gasteiger partial charge in [0.1, 0.15) is 6.54 Å². The fourth-order valence-corrected chi connectivity index (χ4v) is 4.98. The van der Waals surface area contributed by atoms with Gasteiger partial charge in [0.05, 0.1) is 33.9 Å². The Hall–Kier alpha value is -2.52. The molecule has 0 saturated heterocycles. The Labute approximate surface area is 207 Å². The van der Waals surface area contributed by atoms with E-state index in [0.29, 0.717) is 10.0 Å². The lowest BCUT2D eigenvalue weighted by atomic mass is 10.2. The van der Waals surface area contributed by atoms with Crippen molar-refractivity contribution in [2.45, 2.75) is 13.8 Å². The molecular formula is C22H21Cl3N4O3S. The summed E-state index contributed by atoms with van der Waals surface area (Å²) < 4.78 is 27.3. The number of carbonyl (C=O) groups excluding carboxylic acids is 1. The summed E-state index contributed by atoms with van der Waals surface area (Å²) in [4.78, 5) is 12.4. The zero-order valence-electron chi connectivity index (χ0n) is 18.0. The first-order valence-corrected chi connectivity index (χ1v) is 12.7. The molecule has 0 saturated carbocycles. The summed E-state index contributed by atoms with van der Waals surface area (Å²) in [7, 11) is -3.75. The predicted octanol–water partition coefficient (Wildman–Crippen LogP) is 4.97. The van der Waals surface area contributed by atoms with Crippen LogP contribution in [0.1, 0.15) is 17.0 Å². The van der Waals surface area contributed by atoms with Crippen molar-refractivity contribution in [3.8, 4) is 5.69 Å². The molecule has 1 N–H and O–H groups in total. The van der Waals surface area contributed by atoms with E-state index in [1.165, 1.54) is 12.3 Å². The topological polar surface area (TPSA) is 83.8 Å². The lowest BCUT2D eigenvalue weighted by molar-refractivity contribution is -0.119. The van der Waals surface area contributed by atoms with Gasteiger partial charge in [0.25, 0.3) is 5.91 Å². The zero-order chi connectivity index (χ0) is 24.3. The van der Waals surface area contributed by atoms with Gasteiger partial charge in [-0.05, 0) is 50.2 Å². The van der Waals surface area contributed by atoms with Gasteiger partial charge in [0.15, 0.2) is 0 Å². The highest BCUT2D eigenvalue weighted by atomic mass is 35.5. The minimum atomic E-state index is -3.75. The number of nitrogens with zero attached hydrogens (tertiary/aromatic N) is 3. The van der Waals surface area contributed by atoms with Crippen LogP contribution in [0.3, 0.4) is 0 Å². The van der Waals surface area contributed by atoms with Crippen molar-refractivity contribution >= 4 is 62.6 Å². The Morgan fingerprint density at radius 2 is 1.79 bits per heavy atom. The van der Waals surface area contributed by atoms with Gasteiger partial charge in [-0.15, -0.1) is 0 Å². The third kappa shape index (κ3) is 5.89. The molecule has 2 aromatic carbocycles. The molecule has 0 aliphatic heterocycles. The molecule has 3 rings (SSSR count). The van der Waals surface area contributed by atoms with Crippen molar-refractivity contribution in [3.05, 3.63) is 80.6 Å². The van der Waals surface area contributed by atoms with Gasteiger partial charge in [-0.25, -0.2) is 13.8 Å². The fourth-order valence-electron chi connectivity index (χ4n) is 3.33. The molecule has 0 fully saturated rings. The first-order chi connectivity index (χ1) is 15.5. The van der Waals surface area contributed by atoms with Crippen molar-refractivity contribution in [2.24, 2.45) is 5.10 Å². The van der Waals surface area contributed by atoms with Gasteiger partial charge in [-0.1, -0.05) is 46.9 Å². The van der Waals surface area contributed by atoms with Crippen LogP contribution in [-0.2, 0) is 14.8 Å². The number of aryl methyl sites for hydroxylation is 1. The van der Waals surface area contributed by atoms with Crippen LogP contribution in [0, 0.1) is 13.8 Å². The van der Waals surface area contributed by atoms with E-state index in [1.807, 2.05) is 30.5 Å². The Bertz CT molecular complexity index is 1340. The smallest absolute Gasteiger partial charge is 0.260 e. The van der Waals surface area contributed by atoms with E-state index in [0.717, 1.165) is 33.2 Å². The van der Waals surface area contributed by atoms with E-state index < -0.39 is 22.5 Å². The summed E-state index contributed by atoms with van der Waals surface area (Å²) in [5, 5.41) is 5.25. The number of anilines is 1. The van der Waals surface area contributed by atoms with Crippen molar-refractivity contribution in [1.29, 1.82) is 0 Å². The summed E-state index contributed by atoms with van der Waals surface area (Å²) in [6.45, 7) is 3.34. The second-order valence-corrected chi connectivity index (χ2v) is 10.4. The molecule has 1 heterocycles. The molecule has 0 aliphatic carbocycles. The van der Waals surface area contributed by atoms with Crippen LogP contribution in [0.5, 0.6) is 0 Å². The molecule has 174 valence electrons. The molecule has 7 nitrogen and oxygen atoms in total. The van der Waals surface area contributed by atoms with E-state index >= 15 is 0 Å². The zero-order valence-corrected chi connectivity index (χ0v) is 21.1. The normalized spacial score (nSPS) is 11.7. The fraction of sp³-hybridized carbons (Fsp3) is 0.182. The predicted molar refractivity (Wildman–Crippen MR) is 135 cm³/mol. The maximum atomic E-state index is 12.4. The number of rotatable bonds is 7. The van der Waals surface area contributed by atoms with Gasteiger partial charge >= 0.3 is 0 Å².